The van der Waals surface area contributed by atoms with Crippen molar-refractivity contribution < 1.29 is 14.3 Å². The zero-order chi connectivity index (χ0) is 19.9. The summed E-state index contributed by atoms with van der Waals surface area (Å²) in [6, 6.07) is 16.6. The van der Waals surface area contributed by atoms with Crippen LogP contribution in [0.1, 0.15) is 24.0 Å². The van der Waals surface area contributed by atoms with Gasteiger partial charge in [-0.1, -0.05) is 29.8 Å². The Balaban J connectivity index is 1.65. The monoisotopic (exact) mass is 382 g/mol. The molecule has 28 heavy (non-hydrogen) atoms. The Labute approximate surface area is 167 Å². The van der Waals surface area contributed by atoms with Crippen molar-refractivity contribution in [3.63, 3.8) is 0 Å². The van der Waals surface area contributed by atoms with Gasteiger partial charge in [-0.25, -0.2) is 0 Å². The third-order valence-electron chi connectivity index (χ3n) is 5.31. The van der Waals surface area contributed by atoms with E-state index in [1.165, 1.54) is 11.1 Å². The van der Waals surface area contributed by atoms with Crippen molar-refractivity contribution in [3.05, 3.63) is 59.7 Å². The molecule has 0 spiro atoms. The summed E-state index contributed by atoms with van der Waals surface area (Å²) < 4.78 is 10.5. The second-order valence-electron chi connectivity index (χ2n) is 7.39. The molecule has 1 fully saturated rings. The second-order valence-corrected chi connectivity index (χ2v) is 7.39. The van der Waals surface area contributed by atoms with Crippen LogP contribution in [0.5, 0.6) is 5.75 Å². The Morgan fingerprint density at radius 3 is 2.46 bits per heavy atom. The number of methoxy groups -OCH3 is 2. The first-order valence-electron chi connectivity index (χ1n) is 9.83. The SMILES string of the molecule is COCC(=O)N(c1ccc(C)cc1)C1CCN(Cc2cccc(OC)c2)CC1. The van der Waals surface area contributed by atoms with E-state index in [2.05, 4.69) is 36.1 Å². The Morgan fingerprint density at radius 1 is 1.11 bits per heavy atom. The molecule has 1 amide bonds. The minimum atomic E-state index is 0.0256. The molecule has 2 aromatic carbocycles. The first-order chi connectivity index (χ1) is 13.6. The fourth-order valence-electron chi connectivity index (χ4n) is 3.82. The van der Waals surface area contributed by atoms with Crippen molar-refractivity contribution in [3.8, 4) is 5.75 Å². The Hall–Kier alpha value is -2.37. The van der Waals surface area contributed by atoms with E-state index < -0.39 is 0 Å². The number of amides is 1. The van der Waals surface area contributed by atoms with Crippen molar-refractivity contribution in [2.75, 3.05) is 38.8 Å². The Morgan fingerprint density at radius 2 is 1.82 bits per heavy atom. The lowest BCUT2D eigenvalue weighted by molar-refractivity contribution is -0.122. The zero-order valence-corrected chi connectivity index (χ0v) is 17.1. The van der Waals surface area contributed by atoms with E-state index in [1.54, 1.807) is 14.2 Å². The molecule has 0 aliphatic carbocycles. The predicted octanol–water partition coefficient (Wildman–Crippen LogP) is 3.65. The second kappa shape index (κ2) is 9.71. The summed E-state index contributed by atoms with van der Waals surface area (Å²) in [5.74, 6) is 0.917. The van der Waals surface area contributed by atoms with Crippen LogP contribution in [0.3, 0.4) is 0 Å². The van der Waals surface area contributed by atoms with Gasteiger partial charge in [0, 0.05) is 38.5 Å². The smallest absolute Gasteiger partial charge is 0.253 e. The molecule has 1 heterocycles. The van der Waals surface area contributed by atoms with E-state index in [0.717, 1.165) is 43.9 Å². The van der Waals surface area contributed by atoms with Crippen LogP contribution < -0.4 is 9.64 Å². The lowest BCUT2D eigenvalue weighted by Crippen LogP contribution is -2.48. The van der Waals surface area contributed by atoms with E-state index in [-0.39, 0.29) is 18.6 Å². The molecule has 5 nitrogen and oxygen atoms in total. The van der Waals surface area contributed by atoms with Gasteiger partial charge in [0.1, 0.15) is 12.4 Å². The summed E-state index contributed by atoms with van der Waals surface area (Å²) in [7, 11) is 3.27. The largest absolute Gasteiger partial charge is 0.497 e. The molecule has 0 unspecified atom stereocenters. The fourth-order valence-corrected chi connectivity index (χ4v) is 3.82. The van der Waals surface area contributed by atoms with Crippen molar-refractivity contribution in [1.82, 2.24) is 4.90 Å². The zero-order valence-electron chi connectivity index (χ0n) is 17.1. The van der Waals surface area contributed by atoms with Crippen LogP contribution in [0.15, 0.2) is 48.5 Å². The number of aryl methyl sites for hydroxylation is 1. The van der Waals surface area contributed by atoms with Crippen LogP contribution in [0, 0.1) is 6.92 Å². The lowest BCUT2D eigenvalue weighted by Gasteiger charge is -2.38. The number of likely N-dealkylation sites (tertiary alicyclic amines) is 1. The van der Waals surface area contributed by atoms with E-state index >= 15 is 0 Å². The van der Waals surface area contributed by atoms with Crippen molar-refractivity contribution in [1.29, 1.82) is 0 Å². The highest BCUT2D eigenvalue weighted by Gasteiger charge is 2.29. The van der Waals surface area contributed by atoms with Gasteiger partial charge in [-0.2, -0.15) is 0 Å². The average molecular weight is 383 g/mol. The first kappa shape index (κ1) is 20.4. The highest BCUT2D eigenvalue weighted by molar-refractivity contribution is 5.94. The third-order valence-corrected chi connectivity index (χ3v) is 5.31. The fraction of sp³-hybridized carbons (Fsp3) is 0.435. The topological polar surface area (TPSA) is 42.0 Å². The van der Waals surface area contributed by atoms with Gasteiger partial charge in [-0.3, -0.25) is 9.69 Å². The molecule has 3 rings (SSSR count). The number of piperidine rings is 1. The Kier molecular flexibility index (Phi) is 7.06. The van der Waals surface area contributed by atoms with Gasteiger partial charge in [0.05, 0.1) is 7.11 Å². The van der Waals surface area contributed by atoms with E-state index in [0.29, 0.717) is 0 Å². The summed E-state index contributed by atoms with van der Waals surface area (Å²) in [5, 5.41) is 0. The molecule has 1 aliphatic heterocycles. The molecular weight excluding hydrogens is 352 g/mol. The minimum absolute atomic E-state index is 0.0256. The summed E-state index contributed by atoms with van der Waals surface area (Å²) in [6.45, 7) is 5.00. The van der Waals surface area contributed by atoms with Crippen molar-refractivity contribution >= 4 is 11.6 Å². The van der Waals surface area contributed by atoms with Gasteiger partial charge >= 0.3 is 0 Å². The summed E-state index contributed by atoms with van der Waals surface area (Å²) in [6.07, 6.45) is 1.90. The molecule has 5 heteroatoms. The summed E-state index contributed by atoms with van der Waals surface area (Å²) >= 11 is 0. The molecule has 0 N–H and O–H groups in total. The predicted molar refractivity (Wildman–Crippen MR) is 112 cm³/mol. The number of carbonyl (C=O) groups excluding carboxylic acids is 1. The van der Waals surface area contributed by atoms with Crippen molar-refractivity contribution in [2.24, 2.45) is 0 Å². The van der Waals surface area contributed by atoms with Crippen LogP contribution in [0.4, 0.5) is 5.69 Å². The standard InChI is InChI=1S/C23H30N2O3/c1-18-7-9-20(10-8-18)25(23(26)17-27-2)21-11-13-24(14-12-21)16-19-5-4-6-22(15-19)28-3/h4-10,15,21H,11-14,16-17H2,1-3H3. The first-order valence-corrected chi connectivity index (χ1v) is 9.83. The molecule has 0 radical (unpaired) electrons. The van der Waals surface area contributed by atoms with Gasteiger partial charge in [-0.05, 0) is 49.6 Å². The molecule has 0 saturated carbocycles. The van der Waals surface area contributed by atoms with Crippen LogP contribution in [-0.2, 0) is 16.1 Å². The maximum Gasteiger partial charge on any atom is 0.253 e. The van der Waals surface area contributed by atoms with Crippen molar-refractivity contribution in [2.45, 2.75) is 32.4 Å². The van der Waals surface area contributed by atoms with E-state index in [1.807, 2.05) is 29.2 Å². The summed E-state index contributed by atoms with van der Waals surface area (Å²) in [5.41, 5.74) is 3.40. The van der Waals surface area contributed by atoms with Gasteiger partial charge in [-0.15, -0.1) is 0 Å². The van der Waals surface area contributed by atoms with Crippen LogP contribution in [0.2, 0.25) is 0 Å². The lowest BCUT2D eigenvalue weighted by atomic mass is 10.0. The third kappa shape index (κ3) is 5.12. The molecule has 150 valence electrons. The quantitative estimate of drug-likeness (QED) is 0.733. The number of ether oxygens (including phenoxy) is 2. The molecule has 0 aromatic heterocycles. The van der Waals surface area contributed by atoms with E-state index in [4.69, 9.17) is 9.47 Å². The number of anilines is 1. The van der Waals surface area contributed by atoms with Crippen LogP contribution >= 0.6 is 0 Å². The number of hydrogen-bond acceptors (Lipinski definition) is 4. The Bertz CT molecular complexity index is 768. The molecule has 2 aromatic rings. The van der Waals surface area contributed by atoms with Gasteiger partial charge < -0.3 is 14.4 Å². The molecule has 1 saturated heterocycles. The number of benzene rings is 2. The molecular formula is C23H30N2O3. The van der Waals surface area contributed by atoms with Crippen LogP contribution in [0.25, 0.3) is 0 Å². The maximum absolute atomic E-state index is 12.7. The van der Waals surface area contributed by atoms with Gasteiger partial charge in [0.2, 0.25) is 0 Å². The normalized spacial score (nSPS) is 15.4. The molecule has 0 bridgehead atoms. The number of rotatable bonds is 7. The maximum atomic E-state index is 12.7. The highest BCUT2D eigenvalue weighted by atomic mass is 16.5. The molecule has 1 aliphatic rings. The average Bonchev–Trinajstić information content (AvgIpc) is 2.71. The number of hydrogen-bond donors (Lipinski definition) is 0. The van der Waals surface area contributed by atoms with Crippen LogP contribution in [-0.4, -0.2) is 50.8 Å². The minimum Gasteiger partial charge on any atom is -0.497 e. The molecule has 0 atom stereocenters. The van der Waals surface area contributed by atoms with Gasteiger partial charge in [0.25, 0.3) is 5.91 Å². The number of carbonyl (C=O) groups is 1. The number of nitrogens with zero attached hydrogens (tertiary/aromatic N) is 2. The van der Waals surface area contributed by atoms with Gasteiger partial charge in [0.15, 0.2) is 0 Å². The van der Waals surface area contributed by atoms with E-state index in [9.17, 15) is 4.79 Å². The highest BCUT2D eigenvalue weighted by Crippen LogP contribution is 2.25. The summed E-state index contributed by atoms with van der Waals surface area (Å²) in [4.78, 5) is 17.1.